The van der Waals surface area contributed by atoms with E-state index in [1.54, 1.807) is 37.2 Å². The minimum atomic E-state index is -0.880. The van der Waals surface area contributed by atoms with Gasteiger partial charge in [-0.15, -0.1) is 0 Å². The molecule has 3 aromatic heterocycles. The van der Waals surface area contributed by atoms with E-state index in [0.29, 0.717) is 28.4 Å². The van der Waals surface area contributed by atoms with E-state index in [0.717, 1.165) is 18.4 Å². The SMILES string of the molecule is Cc1cnc(-c2cccc(C(=O)N3CC[C@@H]3C)c2F)c(F)c1-n1c(C)cc([C@H]2C[C@@H]2c2cncc(Cl)c2)c(Cl)c1=O. The largest absolute Gasteiger partial charge is 0.336 e. The maximum Gasteiger partial charge on any atom is 0.274 e. The van der Waals surface area contributed by atoms with E-state index in [9.17, 15) is 9.59 Å². The molecule has 1 amide bonds. The molecule has 2 fully saturated rings. The van der Waals surface area contributed by atoms with Crippen LogP contribution in [0.5, 0.6) is 0 Å². The standard InChI is InChI=1S/C31H26Cl2F2N4O2/c1-15-12-37-28(20-5-4-6-21(26(20)34)30(40)38-8-7-16(38)2)27(35)29(15)39-17(3)9-24(25(33)31(39)41)23-11-22(23)18-10-19(32)14-36-13-18/h4-6,9-10,12-14,16,22-23H,7-8,11H2,1-3H3/t16-,22+,23-/m0/s1. The average Bonchev–Trinajstić information content (AvgIpc) is 3.73. The Morgan fingerprint density at radius 2 is 1.83 bits per heavy atom. The van der Waals surface area contributed by atoms with Crippen LogP contribution in [0.15, 0.2) is 53.7 Å². The number of carbonyl (C=O) groups excluding carboxylic acids is 1. The van der Waals surface area contributed by atoms with E-state index in [1.807, 2.05) is 13.0 Å². The first kappa shape index (κ1) is 27.5. The minimum Gasteiger partial charge on any atom is -0.336 e. The number of halogens is 4. The van der Waals surface area contributed by atoms with Crippen LogP contribution in [0.2, 0.25) is 10.0 Å². The number of likely N-dealkylation sites (tertiary alicyclic amines) is 1. The molecule has 0 spiro atoms. The van der Waals surface area contributed by atoms with Gasteiger partial charge in [0.05, 0.1) is 16.3 Å². The summed E-state index contributed by atoms with van der Waals surface area (Å²) in [5, 5.41) is 0.532. The fraction of sp³-hybridized carbons (Fsp3) is 0.290. The normalized spacial score (nSPS) is 19.7. The highest BCUT2D eigenvalue weighted by Gasteiger charge is 2.42. The molecule has 0 radical (unpaired) electrons. The summed E-state index contributed by atoms with van der Waals surface area (Å²) in [4.78, 5) is 36.5. The van der Waals surface area contributed by atoms with Crippen molar-refractivity contribution in [1.29, 1.82) is 0 Å². The number of aryl methyl sites for hydroxylation is 2. The molecule has 1 aromatic carbocycles. The summed E-state index contributed by atoms with van der Waals surface area (Å²) in [6.45, 7) is 5.76. The van der Waals surface area contributed by atoms with Crippen molar-refractivity contribution in [3.05, 3.63) is 109 Å². The van der Waals surface area contributed by atoms with Gasteiger partial charge in [0.25, 0.3) is 11.5 Å². The van der Waals surface area contributed by atoms with Gasteiger partial charge in [0.15, 0.2) is 5.82 Å². The van der Waals surface area contributed by atoms with Gasteiger partial charge in [0, 0.05) is 42.4 Å². The Balaban J connectivity index is 1.41. The number of aromatic nitrogens is 3. The van der Waals surface area contributed by atoms with Crippen LogP contribution in [-0.2, 0) is 0 Å². The van der Waals surface area contributed by atoms with Gasteiger partial charge in [-0.2, -0.15) is 0 Å². The molecule has 4 heterocycles. The molecular weight excluding hydrogens is 569 g/mol. The number of pyridine rings is 3. The molecule has 2 aliphatic rings. The third-order valence-electron chi connectivity index (χ3n) is 8.17. The van der Waals surface area contributed by atoms with Crippen LogP contribution in [0, 0.1) is 25.5 Å². The van der Waals surface area contributed by atoms with Crippen molar-refractivity contribution in [2.75, 3.05) is 6.54 Å². The predicted octanol–water partition coefficient (Wildman–Crippen LogP) is 7.00. The minimum absolute atomic E-state index is 0.00214. The van der Waals surface area contributed by atoms with Crippen LogP contribution in [0.3, 0.4) is 0 Å². The number of carbonyl (C=O) groups is 1. The molecule has 1 saturated carbocycles. The molecule has 1 aliphatic carbocycles. The van der Waals surface area contributed by atoms with Crippen molar-refractivity contribution in [3.8, 4) is 16.9 Å². The monoisotopic (exact) mass is 594 g/mol. The molecule has 4 aromatic rings. The number of nitrogens with zero attached hydrogens (tertiary/aromatic N) is 4. The zero-order valence-corrected chi connectivity index (χ0v) is 24.1. The molecule has 0 bridgehead atoms. The summed E-state index contributed by atoms with van der Waals surface area (Å²) in [6, 6.07) is 7.92. The summed E-state index contributed by atoms with van der Waals surface area (Å²) in [7, 11) is 0. The molecule has 0 unspecified atom stereocenters. The maximum absolute atomic E-state index is 16.3. The van der Waals surface area contributed by atoms with Crippen LogP contribution >= 0.6 is 23.2 Å². The molecular formula is C31H26Cl2F2N4O2. The van der Waals surface area contributed by atoms with E-state index in [-0.39, 0.29) is 45.4 Å². The lowest BCUT2D eigenvalue weighted by Crippen LogP contribution is -2.49. The van der Waals surface area contributed by atoms with E-state index in [2.05, 4.69) is 9.97 Å². The molecule has 1 aliphatic heterocycles. The fourth-order valence-corrected chi connectivity index (χ4v) is 6.16. The predicted molar refractivity (Wildman–Crippen MR) is 154 cm³/mol. The Bertz CT molecular complexity index is 1790. The van der Waals surface area contributed by atoms with Gasteiger partial charge in [-0.1, -0.05) is 29.3 Å². The number of rotatable bonds is 5. The van der Waals surface area contributed by atoms with Crippen molar-refractivity contribution >= 4 is 29.1 Å². The van der Waals surface area contributed by atoms with Crippen LogP contribution in [0.25, 0.3) is 16.9 Å². The quantitative estimate of drug-likeness (QED) is 0.249. The molecule has 1 saturated heterocycles. The number of hydrogen-bond donors (Lipinski definition) is 0. The Morgan fingerprint density at radius 3 is 2.51 bits per heavy atom. The Morgan fingerprint density at radius 1 is 1.05 bits per heavy atom. The third-order valence-corrected chi connectivity index (χ3v) is 8.76. The van der Waals surface area contributed by atoms with Crippen molar-refractivity contribution in [2.24, 2.45) is 0 Å². The maximum atomic E-state index is 16.3. The summed E-state index contributed by atoms with van der Waals surface area (Å²) >= 11 is 12.7. The van der Waals surface area contributed by atoms with Gasteiger partial charge in [-0.3, -0.25) is 24.1 Å². The third kappa shape index (κ3) is 4.63. The second-order valence-corrected chi connectivity index (χ2v) is 11.7. The topological polar surface area (TPSA) is 68.1 Å². The van der Waals surface area contributed by atoms with Crippen molar-refractivity contribution < 1.29 is 13.6 Å². The molecule has 210 valence electrons. The molecule has 41 heavy (non-hydrogen) atoms. The first-order valence-corrected chi connectivity index (χ1v) is 14.1. The lowest BCUT2D eigenvalue weighted by atomic mass is 10.00. The van der Waals surface area contributed by atoms with E-state index >= 15 is 8.78 Å². The Hall–Kier alpha value is -3.62. The highest BCUT2D eigenvalue weighted by molar-refractivity contribution is 6.31. The molecule has 6 rings (SSSR count). The first-order valence-electron chi connectivity index (χ1n) is 13.4. The molecule has 3 atom stereocenters. The summed E-state index contributed by atoms with van der Waals surface area (Å²) in [6.07, 6.45) is 6.33. The van der Waals surface area contributed by atoms with Crippen molar-refractivity contribution in [1.82, 2.24) is 19.4 Å². The highest BCUT2D eigenvalue weighted by Crippen LogP contribution is 2.56. The van der Waals surface area contributed by atoms with Crippen LogP contribution < -0.4 is 5.56 Å². The summed E-state index contributed by atoms with van der Waals surface area (Å²) in [5.41, 5.74) is 1.25. The van der Waals surface area contributed by atoms with Crippen LogP contribution in [0.1, 0.15) is 64.3 Å². The smallest absolute Gasteiger partial charge is 0.274 e. The van der Waals surface area contributed by atoms with Gasteiger partial charge in [0.1, 0.15) is 16.5 Å². The van der Waals surface area contributed by atoms with Crippen molar-refractivity contribution in [2.45, 2.75) is 51.5 Å². The van der Waals surface area contributed by atoms with E-state index in [4.69, 9.17) is 23.2 Å². The second-order valence-electron chi connectivity index (χ2n) is 10.8. The summed E-state index contributed by atoms with van der Waals surface area (Å²) in [5.74, 6) is -2.06. The van der Waals surface area contributed by atoms with E-state index < -0.39 is 23.1 Å². The fourth-order valence-electron chi connectivity index (χ4n) is 5.70. The Labute approximate surface area is 245 Å². The zero-order valence-electron chi connectivity index (χ0n) is 22.6. The van der Waals surface area contributed by atoms with Crippen LogP contribution in [0.4, 0.5) is 8.78 Å². The van der Waals surface area contributed by atoms with Gasteiger partial charge in [-0.25, -0.2) is 8.78 Å². The zero-order chi connectivity index (χ0) is 29.2. The number of hydrogen-bond acceptors (Lipinski definition) is 4. The van der Waals surface area contributed by atoms with Crippen LogP contribution in [-0.4, -0.2) is 37.9 Å². The molecule has 0 N–H and O–H groups in total. The van der Waals surface area contributed by atoms with E-state index in [1.165, 1.54) is 29.0 Å². The van der Waals surface area contributed by atoms with Gasteiger partial charge in [0.2, 0.25) is 0 Å². The van der Waals surface area contributed by atoms with Crippen molar-refractivity contribution in [3.63, 3.8) is 0 Å². The second kappa shape index (κ2) is 10.3. The molecule has 10 heteroatoms. The number of amides is 1. The lowest BCUT2D eigenvalue weighted by Gasteiger charge is -2.38. The van der Waals surface area contributed by atoms with Gasteiger partial charge < -0.3 is 4.90 Å². The number of benzene rings is 1. The van der Waals surface area contributed by atoms with Gasteiger partial charge in [-0.05, 0) is 86.4 Å². The van der Waals surface area contributed by atoms with Gasteiger partial charge >= 0.3 is 0 Å². The summed E-state index contributed by atoms with van der Waals surface area (Å²) < 4.78 is 33.1. The average molecular weight is 595 g/mol. The molecule has 6 nitrogen and oxygen atoms in total. The Kier molecular flexibility index (Phi) is 6.94. The highest BCUT2D eigenvalue weighted by atomic mass is 35.5. The lowest BCUT2D eigenvalue weighted by molar-refractivity contribution is 0.0497. The first-order chi connectivity index (χ1) is 19.6.